The predicted octanol–water partition coefficient (Wildman–Crippen LogP) is 6.19. The summed E-state index contributed by atoms with van der Waals surface area (Å²) >= 11 is 5.92. The SMILES string of the molecule is COc1ccccc1N1C(=S)NC(c2ccccn2)C1c1cc(C)n(C2CCCCC2)c1C. The second-order valence-corrected chi connectivity index (χ2v) is 9.54. The van der Waals surface area contributed by atoms with Crippen molar-refractivity contribution in [3.8, 4) is 5.75 Å². The molecule has 1 aromatic carbocycles. The first-order valence-corrected chi connectivity index (χ1v) is 12.3. The summed E-state index contributed by atoms with van der Waals surface area (Å²) in [5.74, 6) is 0.814. The van der Waals surface area contributed by atoms with Gasteiger partial charge in [0.15, 0.2) is 5.11 Å². The Hall–Kier alpha value is -2.86. The summed E-state index contributed by atoms with van der Waals surface area (Å²) in [6.07, 6.45) is 8.36. The Balaban J connectivity index is 1.65. The van der Waals surface area contributed by atoms with Gasteiger partial charge >= 0.3 is 0 Å². The lowest BCUT2D eigenvalue weighted by Gasteiger charge is -2.30. The van der Waals surface area contributed by atoms with E-state index in [1.807, 2.05) is 36.5 Å². The smallest absolute Gasteiger partial charge is 0.174 e. The minimum absolute atomic E-state index is 0.0211. The number of nitrogens with zero attached hydrogens (tertiary/aromatic N) is 3. The Morgan fingerprint density at radius 1 is 1.03 bits per heavy atom. The number of ether oxygens (including phenoxy) is 1. The van der Waals surface area contributed by atoms with Crippen LogP contribution in [-0.4, -0.2) is 21.8 Å². The fourth-order valence-electron chi connectivity index (χ4n) is 5.76. The lowest BCUT2D eigenvalue weighted by molar-refractivity contribution is 0.345. The van der Waals surface area contributed by atoms with Crippen LogP contribution in [0.15, 0.2) is 54.7 Å². The summed E-state index contributed by atoms with van der Waals surface area (Å²) in [5, 5.41) is 4.28. The molecule has 6 heteroatoms. The van der Waals surface area contributed by atoms with Gasteiger partial charge in [-0.15, -0.1) is 0 Å². The highest BCUT2D eigenvalue weighted by Crippen LogP contribution is 2.46. The molecule has 1 saturated carbocycles. The van der Waals surface area contributed by atoms with E-state index in [9.17, 15) is 0 Å². The van der Waals surface area contributed by atoms with Gasteiger partial charge in [-0.3, -0.25) is 4.98 Å². The Morgan fingerprint density at radius 2 is 1.79 bits per heavy atom. The fraction of sp³-hybridized carbons (Fsp3) is 0.407. The maximum absolute atomic E-state index is 5.92. The summed E-state index contributed by atoms with van der Waals surface area (Å²) in [4.78, 5) is 6.93. The number of aryl methyl sites for hydroxylation is 1. The van der Waals surface area contributed by atoms with E-state index in [0.29, 0.717) is 11.2 Å². The van der Waals surface area contributed by atoms with Gasteiger partial charge < -0.3 is 19.5 Å². The van der Waals surface area contributed by atoms with Gasteiger partial charge in [-0.25, -0.2) is 0 Å². The number of pyridine rings is 1. The molecule has 33 heavy (non-hydrogen) atoms. The fourth-order valence-corrected chi connectivity index (χ4v) is 6.10. The second-order valence-electron chi connectivity index (χ2n) is 9.16. The number of hydrogen-bond acceptors (Lipinski definition) is 3. The van der Waals surface area contributed by atoms with Crippen LogP contribution in [0, 0.1) is 13.8 Å². The van der Waals surface area contributed by atoms with Gasteiger partial charge in [0.05, 0.1) is 30.6 Å². The third kappa shape index (κ3) is 3.90. The summed E-state index contributed by atoms with van der Waals surface area (Å²) in [5.41, 5.74) is 5.92. The average Bonchev–Trinajstić information content (AvgIpc) is 3.35. The molecule has 3 heterocycles. The third-order valence-corrected chi connectivity index (χ3v) is 7.54. The summed E-state index contributed by atoms with van der Waals surface area (Å²) in [7, 11) is 1.71. The molecule has 2 aliphatic rings. The van der Waals surface area contributed by atoms with Crippen molar-refractivity contribution in [3.05, 3.63) is 77.4 Å². The molecule has 3 aromatic rings. The van der Waals surface area contributed by atoms with Gasteiger partial charge in [0, 0.05) is 23.6 Å². The number of benzene rings is 1. The van der Waals surface area contributed by atoms with Crippen LogP contribution in [0.1, 0.15) is 72.9 Å². The molecule has 2 atom stereocenters. The lowest BCUT2D eigenvalue weighted by Crippen LogP contribution is -2.30. The summed E-state index contributed by atoms with van der Waals surface area (Å²) in [6.45, 7) is 4.52. The quantitative estimate of drug-likeness (QED) is 0.460. The number of para-hydroxylation sites is 2. The van der Waals surface area contributed by atoms with Crippen LogP contribution >= 0.6 is 12.2 Å². The zero-order valence-corrected chi connectivity index (χ0v) is 20.4. The first-order valence-electron chi connectivity index (χ1n) is 11.9. The Kier molecular flexibility index (Phi) is 6.11. The normalized spacial score (nSPS) is 21.3. The number of methoxy groups -OCH3 is 1. The minimum atomic E-state index is -0.0519. The molecule has 5 rings (SSSR count). The molecule has 1 aliphatic heterocycles. The highest BCUT2D eigenvalue weighted by atomic mass is 32.1. The van der Waals surface area contributed by atoms with Crippen LogP contribution in [-0.2, 0) is 0 Å². The van der Waals surface area contributed by atoms with Crippen molar-refractivity contribution in [3.63, 3.8) is 0 Å². The summed E-state index contributed by atoms with van der Waals surface area (Å²) in [6, 6.07) is 17.1. The molecule has 172 valence electrons. The maximum Gasteiger partial charge on any atom is 0.174 e. The van der Waals surface area contributed by atoms with Crippen molar-refractivity contribution >= 4 is 23.0 Å². The predicted molar refractivity (Wildman–Crippen MR) is 137 cm³/mol. The largest absolute Gasteiger partial charge is 0.495 e. The highest BCUT2D eigenvalue weighted by molar-refractivity contribution is 7.80. The number of anilines is 1. The van der Waals surface area contributed by atoms with E-state index >= 15 is 0 Å². The Morgan fingerprint density at radius 3 is 2.52 bits per heavy atom. The van der Waals surface area contributed by atoms with Crippen molar-refractivity contribution in [2.24, 2.45) is 0 Å². The van der Waals surface area contributed by atoms with E-state index in [0.717, 1.165) is 17.1 Å². The molecule has 2 aromatic heterocycles. The zero-order chi connectivity index (χ0) is 22.9. The molecule has 1 N–H and O–H groups in total. The number of aromatic nitrogens is 2. The molecular weight excluding hydrogens is 428 g/mol. The van der Waals surface area contributed by atoms with Crippen LogP contribution in [0.2, 0.25) is 0 Å². The van der Waals surface area contributed by atoms with Crippen molar-refractivity contribution < 1.29 is 4.74 Å². The number of thiocarbonyl (C=S) groups is 1. The van der Waals surface area contributed by atoms with Gasteiger partial charge in [-0.05, 0) is 74.8 Å². The molecule has 1 aliphatic carbocycles. The maximum atomic E-state index is 5.92. The number of rotatable bonds is 5. The van der Waals surface area contributed by atoms with E-state index in [1.165, 1.54) is 49.1 Å². The topological polar surface area (TPSA) is 42.3 Å². The van der Waals surface area contributed by atoms with Gasteiger partial charge in [-0.2, -0.15) is 0 Å². The molecule has 0 bridgehead atoms. The van der Waals surface area contributed by atoms with Crippen LogP contribution in [0.3, 0.4) is 0 Å². The Labute approximate surface area is 201 Å². The molecule has 1 saturated heterocycles. The number of hydrogen-bond donors (Lipinski definition) is 1. The molecular formula is C27H32N4OS. The summed E-state index contributed by atoms with van der Waals surface area (Å²) < 4.78 is 8.31. The van der Waals surface area contributed by atoms with Gasteiger partial charge in [-0.1, -0.05) is 37.5 Å². The molecule has 2 unspecified atom stereocenters. The van der Waals surface area contributed by atoms with Crippen LogP contribution in [0.4, 0.5) is 5.69 Å². The van der Waals surface area contributed by atoms with Crippen molar-refractivity contribution in [2.75, 3.05) is 12.0 Å². The van der Waals surface area contributed by atoms with Crippen molar-refractivity contribution in [1.29, 1.82) is 0 Å². The van der Waals surface area contributed by atoms with Crippen molar-refractivity contribution in [2.45, 2.75) is 64.1 Å². The van der Waals surface area contributed by atoms with E-state index in [4.69, 9.17) is 21.9 Å². The second kappa shape index (κ2) is 9.18. The molecule has 0 spiro atoms. The average molecular weight is 461 g/mol. The monoisotopic (exact) mass is 460 g/mol. The number of nitrogens with one attached hydrogen (secondary N) is 1. The zero-order valence-electron chi connectivity index (χ0n) is 19.6. The third-order valence-electron chi connectivity index (χ3n) is 7.22. The molecule has 0 radical (unpaired) electrons. The molecule has 0 amide bonds. The first kappa shape index (κ1) is 22.0. The van der Waals surface area contributed by atoms with E-state index in [-0.39, 0.29) is 12.1 Å². The van der Waals surface area contributed by atoms with Crippen LogP contribution in [0.5, 0.6) is 5.75 Å². The molecule has 2 fully saturated rings. The van der Waals surface area contributed by atoms with E-state index in [1.54, 1.807) is 7.11 Å². The van der Waals surface area contributed by atoms with Crippen molar-refractivity contribution in [1.82, 2.24) is 14.9 Å². The van der Waals surface area contributed by atoms with Gasteiger partial charge in [0.1, 0.15) is 5.75 Å². The highest BCUT2D eigenvalue weighted by Gasteiger charge is 2.43. The van der Waals surface area contributed by atoms with Crippen LogP contribution < -0.4 is 15.0 Å². The standard InChI is InChI=1S/C27H32N4OS/c1-18-17-21(19(2)30(18)20-11-5-4-6-12-20)26-25(22-13-9-10-16-28-22)29-27(33)31(26)23-14-7-8-15-24(23)32-3/h7-10,13-17,20,25-26H,4-6,11-12H2,1-3H3,(H,29,33). The van der Waals surface area contributed by atoms with E-state index < -0.39 is 0 Å². The van der Waals surface area contributed by atoms with Gasteiger partial charge in [0.25, 0.3) is 0 Å². The lowest BCUT2D eigenvalue weighted by atomic mass is 9.94. The molecule has 5 nitrogen and oxygen atoms in total. The first-order chi connectivity index (χ1) is 16.1. The van der Waals surface area contributed by atoms with E-state index in [2.05, 4.69) is 46.8 Å². The Bertz CT molecular complexity index is 1140. The van der Waals surface area contributed by atoms with Crippen LogP contribution in [0.25, 0.3) is 0 Å². The van der Waals surface area contributed by atoms with Gasteiger partial charge in [0.2, 0.25) is 0 Å². The minimum Gasteiger partial charge on any atom is -0.495 e.